The molecule has 2 rings (SSSR count). The van der Waals surface area contributed by atoms with E-state index in [0.717, 1.165) is 45.8 Å². The van der Waals surface area contributed by atoms with Gasteiger partial charge in [0.25, 0.3) is 0 Å². The van der Waals surface area contributed by atoms with Crippen molar-refractivity contribution in [1.82, 2.24) is 4.90 Å². The number of carbonyl (C=O) groups is 1. The highest BCUT2D eigenvalue weighted by molar-refractivity contribution is 5.88. The Morgan fingerprint density at radius 3 is 2.80 bits per heavy atom. The lowest BCUT2D eigenvalue weighted by atomic mass is 10.2. The van der Waals surface area contributed by atoms with Crippen LogP contribution in [-0.4, -0.2) is 55.4 Å². The van der Waals surface area contributed by atoms with E-state index in [9.17, 15) is 9.18 Å². The van der Waals surface area contributed by atoms with E-state index >= 15 is 0 Å². The zero-order valence-corrected chi connectivity index (χ0v) is 11.3. The lowest BCUT2D eigenvalue weighted by molar-refractivity contribution is 0.0378. The summed E-state index contributed by atoms with van der Waals surface area (Å²) in [6.07, 6.45) is 0.947. The van der Waals surface area contributed by atoms with Crippen LogP contribution in [0, 0.1) is 5.82 Å². The molecule has 0 atom stereocenters. The van der Waals surface area contributed by atoms with Gasteiger partial charge in [-0.1, -0.05) is 0 Å². The summed E-state index contributed by atoms with van der Waals surface area (Å²) < 4.78 is 18.7. The van der Waals surface area contributed by atoms with Gasteiger partial charge >= 0.3 is 5.97 Å². The van der Waals surface area contributed by atoms with Crippen molar-refractivity contribution in [3.63, 3.8) is 0 Å². The summed E-state index contributed by atoms with van der Waals surface area (Å²) >= 11 is 0. The number of halogens is 1. The lowest BCUT2D eigenvalue weighted by Gasteiger charge is -2.26. The molecule has 0 saturated carbocycles. The van der Waals surface area contributed by atoms with Crippen molar-refractivity contribution in [2.45, 2.75) is 6.42 Å². The molecular weight excluding hydrogens is 263 g/mol. The molecule has 1 aromatic carbocycles. The summed E-state index contributed by atoms with van der Waals surface area (Å²) in [5, 5.41) is 11.8. The standard InChI is InChI=1S/C14H19FN2O3/c15-13-10-11(2-3-12(13)14(18)19)16-4-1-5-17-6-8-20-9-7-17/h2-3,10,16H,1,4-9H2,(H,18,19). The first kappa shape index (κ1) is 14.7. The van der Waals surface area contributed by atoms with E-state index in [4.69, 9.17) is 9.84 Å². The maximum atomic E-state index is 13.5. The maximum absolute atomic E-state index is 13.5. The van der Waals surface area contributed by atoms with Gasteiger partial charge in [-0.2, -0.15) is 0 Å². The summed E-state index contributed by atoms with van der Waals surface area (Å²) in [7, 11) is 0. The Morgan fingerprint density at radius 2 is 2.15 bits per heavy atom. The van der Waals surface area contributed by atoms with Crippen LogP contribution in [0.2, 0.25) is 0 Å². The molecule has 0 unspecified atom stereocenters. The Bertz CT molecular complexity index is 462. The third kappa shape index (κ3) is 4.18. The monoisotopic (exact) mass is 282 g/mol. The number of nitrogens with one attached hydrogen (secondary N) is 1. The van der Waals surface area contributed by atoms with Gasteiger partial charge in [0.2, 0.25) is 0 Å². The summed E-state index contributed by atoms with van der Waals surface area (Å²) in [5.74, 6) is -1.96. The van der Waals surface area contributed by atoms with Crippen LogP contribution in [-0.2, 0) is 4.74 Å². The zero-order chi connectivity index (χ0) is 14.4. The number of carboxylic acid groups (broad SMARTS) is 1. The second-order valence-corrected chi connectivity index (χ2v) is 4.73. The summed E-state index contributed by atoms with van der Waals surface area (Å²) in [5.41, 5.74) is 0.304. The molecule has 5 nitrogen and oxygen atoms in total. The molecule has 0 bridgehead atoms. The third-order valence-electron chi connectivity index (χ3n) is 3.28. The SMILES string of the molecule is O=C(O)c1ccc(NCCCN2CCOCC2)cc1F. The third-order valence-corrected chi connectivity index (χ3v) is 3.28. The van der Waals surface area contributed by atoms with Crippen molar-refractivity contribution in [1.29, 1.82) is 0 Å². The van der Waals surface area contributed by atoms with E-state index in [0.29, 0.717) is 5.69 Å². The molecule has 6 heteroatoms. The number of morpholine rings is 1. The Labute approximate surface area is 117 Å². The van der Waals surface area contributed by atoms with Crippen LogP contribution in [0.4, 0.5) is 10.1 Å². The Kier molecular flexibility index (Phi) is 5.31. The molecule has 1 fully saturated rings. The first-order valence-corrected chi connectivity index (χ1v) is 6.73. The topological polar surface area (TPSA) is 61.8 Å². The molecule has 0 aromatic heterocycles. The lowest BCUT2D eigenvalue weighted by Crippen LogP contribution is -2.37. The van der Waals surface area contributed by atoms with Gasteiger partial charge < -0.3 is 15.2 Å². The number of hydrogen-bond donors (Lipinski definition) is 2. The molecule has 20 heavy (non-hydrogen) atoms. The van der Waals surface area contributed by atoms with Gasteiger partial charge in [-0.05, 0) is 31.2 Å². The van der Waals surface area contributed by atoms with Crippen molar-refractivity contribution in [2.24, 2.45) is 0 Å². The Morgan fingerprint density at radius 1 is 1.40 bits per heavy atom. The van der Waals surface area contributed by atoms with Crippen LogP contribution in [0.25, 0.3) is 0 Å². The van der Waals surface area contributed by atoms with Gasteiger partial charge in [0, 0.05) is 25.3 Å². The summed E-state index contributed by atoms with van der Waals surface area (Å²) in [6.45, 7) is 5.20. The number of anilines is 1. The first-order chi connectivity index (χ1) is 9.66. The number of hydrogen-bond acceptors (Lipinski definition) is 4. The highest BCUT2D eigenvalue weighted by atomic mass is 19.1. The fraction of sp³-hybridized carbons (Fsp3) is 0.500. The Balaban J connectivity index is 1.73. The molecule has 0 amide bonds. The van der Waals surface area contributed by atoms with Crippen molar-refractivity contribution >= 4 is 11.7 Å². The van der Waals surface area contributed by atoms with Crippen LogP contribution < -0.4 is 5.32 Å². The molecule has 1 aliphatic rings. The molecule has 1 aliphatic heterocycles. The van der Waals surface area contributed by atoms with E-state index in [1.807, 2.05) is 0 Å². The van der Waals surface area contributed by atoms with E-state index in [2.05, 4.69) is 10.2 Å². The highest BCUT2D eigenvalue weighted by Crippen LogP contribution is 2.14. The van der Waals surface area contributed by atoms with Gasteiger partial charge in [-0.25, -0.2) is 9.18 Å². The second-order valence-electron chi connectivity index (χ2n) is 4.73. The molecular formula is C14H19FN2O3. The number of rotatable bonds is 6. The van der Waals surface area contributed by atoms with E-state index in [-0.39, 0.29) is 5.56 Å². The minimum atomic E-state index is -1.25. The maximum Gasteiger partial charge on any atom is 0.338 e. The minimum Gasteiger partial charge on any atom is -0.478 e. The van der Waals surface area contributed by atoms with Crippen LogP contribution in [0.1, 0.15) is 16.8 Å². The predicted molar refractivity (Wildman–Crippen MR) is 73.7 cm³/mol. The zero-order valence-electron chi connectivity index (χ0n) is 11.3. The molecule has 1 heterocycles. The van der Waals surface area contributed by atoms with Crippen LogP contribution in [0.5, 0.6) is 0 Å². The highest BCUT2D eigenvalue weighted by Gasteiger charge is 2.11. The molecule has 110 valence electrons. The van der Waals surface area contributed by atoms with E-state index in [1.54, 1.807) is 6.07 Å². The van der Waals surface area contributed by atoms with Gasteiger partial charge in [0.05, 0.1) is 18.8 Å². The van der Waals surface area contributed by atoms with Gasteiger partial charge in [0.1, 0.15) is 5.82 Å². The Hall–Kier alpha value is -1.66. The fourth-order valence-corrected chi connectivity index (χ4v) is 2.16. The molecule has 0 radical (unpaired) electrons. The smallest absolute Gasteiger partial charge is 0.338 e. The molecule has 2 N–H and O–H groups in total. The van der Waals surface area contributed by atoms with Crippen molar-refractivity contribution in [3.8, 4) is 0 Å². The first-order valence-electron chi connectivity index (χ1n) is 6.73. The van der Waals surface area contributed by atoms with Crippen LogP contribution in [0.15, 0.2) is 18.2 Å². The number of ether oxygens (including phenoxy) is 1. The van der Waals surface area contributed by atoms with E-state index < -0.39 is 11.8 Å². The molecule has 1 saturated heterocycles. The minimum absolute atomic E-state index is 0.302. The van der Waals surface area contributed by atoms with Crippen molar-refractivity contribution < 1.29 is 19.0 Å². The second kappa shape index (κ2) is 7.21. The van der Waals surface area contributed by atoms with Crippen molar-refractivity contribution in [2.75, 3.05) is 44.7 Å². The van der Waals surface area contributed by atoms with Crippen LogP contribution >= 0.6 is 0 Å². The molecule has 0 spiro atoms. The van der Waals surface area contributed by atoms with Gasteiger partial charge in [-0.3, -0.25) is 4.90 Å². The normalized spacial score (nSPS) is 16.1. The number of benzene rings is 1. The van der Waals surface area contributed by atoms with Gasteiger partial charge in [0.15, 0.2) is 0 Å². The fourth-order valence-electron chi connectivity index (χ4n) is 2.16. The quantitative estimate of drug-likeness (QED) is 0.777. The van der Waals surface area contributed by atoms with Crippen molar-refractivity contribution in [3.05, 3.63) is 29.6 Å². The average Bonchev–Trinajstić information content (AvgIpc) is 2.44. The summed E-state index contributed by atoms with van der Waals surface area (Å²) in [6, 6.07) is 4.08. The number of carboxylic acids is 1. The molecule has 1 aromatic rings. The number of nitrogens with zero attached hydrogens (tertiary/aromatic N) is 1. The van der Waals surface area contributed by atoms with Crippen LogP contribution in [0.3, 0.4) is 0 Å². The van der Waals surface area contributed by atoms with E-state index in [1.165, 1.54) is 12.1 Å². The van der Waals surface area contributed by atoms with Gasteiger partial charge in [-0.15, -0.1) is 0 Å². The summed E-state index contributed by atoms with van der Waals surface area (Å²) in [4.78, 5) is 13.0. The number of aromatic carboxylic acids is 1. The largest absolute Gasteiger partial charge is 0.478 e. The molecule has 0 aliphatic carbocycles. The average molecular weight is 282 g/mol. The predicted octanol–water partition coefficient (Wildman–Crippen LogP) is 1.66.